The predicted molar refractivity (Wildman–Crippen MR) is 145 cm³/mol. The van der Waals surface area contributed by atoms with Gasteiger partial charge in [0.1, 0.15) is 0 Å². The lowest BCUT2D eigenvalue weighted by molar-refractivity contribution is -0.122. The van der Waals surface area contributed by atoms with Gasteiger partial charge in [-0.25, -0.2) is 0 Å². The molecule has 2 aromatic heterocycles. The maximum Gasteiger partial charge on any atom is 0.237 e. The van der Waals surface area contributed by atoms with Crippen LogP contribution in [0.15, 0.2) is 54.7 Å². The normalized spacial score (nSPS) is 15.1. The van der Waals surface area contributed by atoms with Gasteiger partial charge >= 0.3 is 0 Å². The Kier molecular flexibility index (Phi) is 10.2. The standard InChI is InChI=1S/C29H40N6O/c1-22(33-21-26-10-5-6-16-32-26)29(36)34-19-23-11-14-28-24(18-23)12-13-27(35-28)20-30-15-7-17-31-25-8-3-2-4-9-25/h5-6,10-14,16,18,22,25,30-31,33H,2-4,7-9,15,17,19-21H2,1H3,(H,34,36)/t22-/m0/s1. The van der Waals surface area contributed by atoms with Gasteiger partial charge < -0.3 is 21.3 Å². The molecule has 0 saturated heterocycles. The van der Waals surface area contributed by atoms with Crippen molar-refractivity contribution >= 4 is 16.8 Å². The topological polar surface area (TPSA) is 91.0 Å². The quantitative estimate of drug-likeness (QED) is 0.274. The van der Waals surface area contributed by atoms with E-state index in [1.165, 1.54) is 32.1 Å². The van der Waals surface area contributed by atoms with E-state index in [0.717, 1.165) is 60.0 Å². The zero-order valence-corrected chi connectivity index (χ0v) is 21.4. The van der Waals surface area contributed by atoms with Crippen LogP contribution in [0.5, 0.6) is 0 Å². The molecule has 0 radical (unpaired) electrons. The molecule has 4 N–H and O–H groups in total. The molecule has 36 heavy (non-hydrogen) atoms. The van der Waals surface area contributed by atoms with E-state index < -0.39 is 0 Å². The van der Waals surface area contributed by atoms with Crippen molar-refractivity contribution in [1.82, 2.24) is 31.2 Å². The van der Waals surface area contributed by atoms with E-state index in [1.807, 2.05) is 37.3 Å². The van der Waals surface area contributed by atoms with Crippen LogP contribution >= 0.6 is 0 Å². The molecule has 1 aromatic carbocycles. The van der Waals surface area contributed by atoms with Gasteiger partial charge in [0.25, 0.3) is 0 Å². The molecule has 7 heteroatoms. The summed E-state index contributed by atoms with van der Waals surface area (Å²) in [5, 5.41) is 14.5. The Balaban J connectivity index is 1.16. The van der Waals surface area contributed by atoms with Crippen molar-refractivity contribution < 1.29 is 4.79 Å². The van der Waals surface area contributed by atoms with Crippen LogP contribution in [0.25, 0.3) is 10.9 Å². The summed E-state index contributed by atoms with van der Waals surface area (Å²) in [7, 11) is 0. The van der Waals surface area contributed by atoms with Gasteiger partial charge in [-0.05, 0) is 75.2 Å². The second-order valence-electron chi connectivity index (χ2n) is 9.79. The fourth-order valence-corrected chi connectivity index (χ4v) is 4.66. The highest BCUT2D eigenvalue weighted by atomic mass is 16.2. The lowest BCUT2D eigenvalue weighted by Gasteiger charge is -2.22. The number of rotatable bonds is 13. The minimum Gasteiger partial charge on any atom is -0.351 e. The molecular weight excluding hydrogens is 448 g/mol. The Bertz CT molecular complexity index is 1080. The number of nitrogens with zero attached hydrogens (tertiary/aromatic N) is 2. The molecule has 1 amide bonds. The Hall–Kier alpha value is -2.87. The van der Waals surface area contributed by atoms with Crippen molar-refractivity contribution in [2.75, 3.05) is 13.1 Å². The smallest absolute Gasteiger partial charge is 0.237 e. The summed E-state index contributed by atoms with van der Waals surface area (Å²) in [5.41, 5.74) is 4.01. The zero-order valence-electron chi connectivity index (χ0n) is 21.4. The highest BCUT2D eigenvalue weighted by Gasteiger charge is 2.13. The summed E-state index contributed by atoms with van der Waals surface area (Å²) >= 11 is 0. The molecule has 1 fully saturated rings. The van der Waals surface area contributed by atoms with Gasteiger partial charge in [-0.3, -0.25) is 14.8 Å². The van der Waals surface area contributed by atoms with Crippen LogP contribution in [0.3, 0.4) is 0 Å². The number of nitrogens with one attached hydrogen (secondary N) is 4. The number of aromatic nitrogens is 2. The van der Waals surface area contributed by atoms with Crippen molar-refractivity contribution in [2.24, 2.45) is 0 Å². The number of carbonyl (C=O) groups is 1. The summed E-state index contributed by atoms with van der Waals surface area (Å²) in [6.07, 6.45) is 9.73. The second-order valence-corrected chi connectivity index (χ2v) is 9.79. The van der Waals surface area contributed by atoms with Crippen LogP contribution in [0.4, 0.5) is 0 Å². The van der Waals surface area contributed by atoms with Crippen molar-refractivity contribution in [3.05, 3.63) is 71.7 Å². The maximum atomic E-state index is 12.5. The SMILES string of the molecule is C[C@H](NCc1ccccn1)C(=O)NCc1ccc2nc(CNCCCNC3CCCCC3)ccc2c1. The van der Waals surface area contributed by atoms with Gasteiger partial charge in [0.2, 0.25) is 5.91 Å². The molecule has 0 aliphatic heterocycles. The van der Waals surface area contributed by atoms with Crippen LogP contribution in [-0.2, 0) is 24.4 Å². The number of amides is 1. The van der Waals surface area contributed by atoms with E-state index in [2.05, 4.69) is 44.5 Å². The average Bonchev–Trinajstić information content (AvgIpc) is 2.93. The van der Waals surface area contributed by atoms with E-state index in [0.29, 0.717) is 13.1 Å². The number of fused-ring (bicyclic) bond motifs is 1. The number of hydrogen-bond donors (Lipinski definition) is 4. The molecule has 4 rings (SSSR count). The van der Waals surface area contributed by atoms with Crippen LogP contribution in [-0.4, -0.2) is 41.0 Å². The summed E-state index contributed by atoms with van der Waals surface area (Å²) < 4.78 is 0. The molecule has 2 heterocycles. The zero-order chi connectivity index (χ0) is 25.0. The van der Waals surface area contributed by atoms with Gasteiger partial charge in [0.05, 0.1) is 22.9 Å². The Morgan fingerprint density at radius 1 is 0.972 bits per heavy atom. The molecule has 192 valence electrons. The Morgan fingerprint density at radius 3 is 2.69 bits per heavy atom. The van der Waals surface area contributed by atoms with E-state index in [4.69, 9.17) is 4.98 Å². The molecule has 1 aliphatic carbocycles. The Labute approximate surface area is 214 Å². The molecule has 0 unspecified atom stereocenters. The minimum atomic E-state index is -0.299. The van der Waals surface area contributed by atoms with Gasteiger partial charge in [0, 0.05) is 37.3 Å². The van der Waals surface area contributed by atoms with Gasteiger partial charge in [-0.2, -0.15) is 0 Å². The summed E-state index contributed by atoms with van der Waals surface area (Å²) in [5.74, 6) is -0.0282. The molecule has 0 bridgehead atoms. The van der Waals surface area contributed by atoms with Crippen molar-refractivity contribution in [1.29, 1.82) is 0 Å². The van der Waals surface area contributed by atoms with Crippen molar-refractivity contribution in [3.63, 3.8) is 0 Å². The Morgan fingerprint density at radius 2 is 1.86 bits per heavy atom. The second kappa shape index (κ2) is 14.0. The van der Waals surface area contributed by atoms with E-state index in [9.17, 15) is 4.79 Å². The summed E-state index contributed by atoms with van der Waals surface area (Å²) in [6, 6.07) is 16.6. The molecular formula is C29H40N6O. The third kappa shape index (κ3) is 8.36. The minimum absolute atomic E-state index is 0.0282. The predicted octanol–water partition coefficient (Wildman–Crippen LogP) is 3.83. The molecule has 0 spiro atoms. The summed E-state index contributed by atoms with van der Waals surface area (Å²) in [6.45, 7) is 5.77. The van der Waals surface area contributed by atoms with Crippen LogP contribution < -0.4 is 21.3 Å². The first-order valence-corrected chi connectivity index (χ1v) is 13.4. The molecule has 1 atom stereocenters. The third-order valence-electron chi connectivity index (χ3n) is 6.86. The highest BCUT2D eigenvalue weighted by molar-refractivity contribution is 5.82. The number of pyridine rings is 2. The number of hydrogen-bond acceptors (Lipinski definition) is 6. The van der Waals surface area contributed by atoms with Crippen molar-refractivity contribution in [3.8, 4) is 0 Å². The van der Waals surface area contributed by atoms with E-state index in [1.54, 1.807) is 6.20 Å². The number of carbonyl (C=O) groups excluding carboxylic acids is 1. The van der Waals surface area contributed by atoms with Gasteiger partial charge in [-0.1, -0.05) is 37.5 Å². The first-order valence-electron chi connectivity index (χ1n) is 13.4. The van der Waals surface area contributed by atoms with Gasteiger partial charge in [0.15, 0.2) is 0 Å². The molecule has 3 aromatic rings. The highest BCUT2D eigenvalue weighted by Crippen LogP contribution is 2.17. The van der Waals surface area contributed by atoms with Crippen LogP contribution in [0, 0.1) is 0 Å². The average molecular weight is 489 g/mol. The monoisotopic (exact) mass is 488 g/mol. The fourth-order valence-electron chi connectivity index (χ4n) is 4.66. The lowest BCUT2D eigenvalue weighted by Crippen LogP contribution is -2.41. The van der Waals surface area contributed by atoms with Gasteiger partial charge in [-0.15, -0.1) is 0 Å². The van der Waals surface area contributed by atoms with Crippen LogP contribution in [0.2, 0.25) is 0 Å². The molecule has 1 saturated carbocycles. The first-order chi connectivity index (χ1) is 17.7. The lowest BCUT2D eigenvalue weighted by atomic mass is 9.95. The first kappa shape index (κ1) is 26.2. The van der Waals surface area contributed by atoms with Crippen molar-refractivity contribution in [2.45, 2.75) is 77.2 Å². The third-order valence-corrected chi connectivity index (χ3v) is 6.86. The van der Waals surface area contributed by atoms with Crippen LogP contribution in [0.1, 0.15) is 62.4 Å². The van der Waals surface area contributed by atoms with E-state index >= 15 is 0 Å². The molecule has 7 nitrogen and oxygen atoms in total. The number of benzene rings is 1. The largest absolute Gasteiger partial charge is 0.351 e. The molecule has 1 aliphatic rings. The maximum absolute atomic E-state index is 12.5. The fraction of sp³-hybridized carbons (Fsp3) is 0.483. The summed E-state index contributed by atoms with van der Waals surface area (Å²) in [4.78, 5) is 21.6. The van der Waals surface area contributed by atoms with E-state index in [-0.39, 0.29) is 11.9 Å².